The Morgan fingerprint density at radius 3 is 2.52 bits per heavy atom. The highest BCUT2D eigenvalue weighted by Crippen LogP contribution is 2.23. The number of nitrogens with zero attached hydrogens (tertiary/aromatic N) is 1. The van der Waals surface area contributed by atoms with Crippen LogP contribution in [-0.4, -0.2) is 28.4 Å². The van der Waals surface area contributed by atoms with Gasteiger partial charge < -0.3 is 10.6 Å². The van der Waals surface area contributed by atoms with E-state index in [1.807, 2.05) is 20.8 Å². The van der Waals surface area contributed by atoms with Crippen LogP contribution in [0.25, 0.3) is 0 Å². The number of H-pyrrole nitrogens is 1. The van der Waals surface area contributed by atoms with E-state index in [2.05, 4.69) is 20.8 Å². The third kappa shape index (κ3) is 3.96. The molecule has 0 radical (unpaired) electrons. The Kier molecular flexibility index (Phi) is 4.72. The summed E-state index contributed by atoms with van der Waals surface area (Å²) in [6, 6.07) is 8.99. The van der Waals surface area contributed by atoms with Crippen LogP contribution in [0.15, 0.2) is 30.3 Å². The average molecular weight is 340 g/mol. The number of nitrogens with one attached hydrogen (secondary N) is 3. The molecule has 1 unspecified atom stereocenters. The van der Waals surface area contributed by atoms with E-state index >= 15 is 0 Å². The number of aromatic amines is 1. The summed E-state index contributed by atoms with van der Waals surface area (Å²) in [5, 5.41) is 13.2. The SMILES string of the molecule is CC(C)(C)C(=O)c1ccc(NC(=O)c2cc(C3CCCN3)[nH]n2)cc1. The second kappa shape index (κ2) is 6.80. The zero-order valence-corrected chi connectivity index (χ0v) is 14.8. The number of anilines is 1. The first-order valence-corrected chi connectivity index (χ1v) is 8.59. The monoisotopic (exact) mass is 340 g/mol. The van der Waals surface area contributed by atoms with Gasteiger partial charge in [-0.15, -0.1) is 0 Å². The number of aromatic nitrogens is 2. The van der Waals surface area contributed by atoms with Gasteiger partial charge in [0, 0.05) is 22.7 Å². The third-order valence-electron chi connectivity index (χ3n) is 4.35. The molecule has 132 valence electrons. The second-order valence-electron chi connectivity index (χ2n) is 7.47. The molecule has 25 heavy (non-hydrogen) atoms. The van der Waals surface area contributed by atoms with Gasteiger partial charge in [-0.05, 0) is 49.7 Å². The van der Waals surface area contributed by atoms with Crippen LogP contribution in [0.4, 0.5) is 5.69 Å². The summed E-state index contributed by atoms with van der Waals surface area (Å²) in [7, 11) is 0. The van der Waals surface area contributed by atoms with Gasteiger partial charge in [-0.3, -0.25) is 14.7 Å². The zero-order valence-electron chi connectivity index (χ0n) is 14.8. The maximum Gasteiger partial charge on any atom is 0.276 e. The molecule has 0 saturated carbocycles. The lowest BCUT2D eigenvalue weighted by Crippen LogP contribution is -2.20. The van der Waals surface area contributed by atoms with Crippen molar-refractivity contribution >= 4 is 17.4 Å². The molecule has 1 amide bonds. The molecule has 2 aromatic rings. The minimum Gasteiger partial charge on any atom is -0.321 e. The zero-order chi connectivity index (χ0) is 18.0. The Morgan fingerprint density at radius 2 is 1.92 bits per heavy atom. The Balaban J connectivity index is 1.66. The van der Waals surface area contributed by atoms with E-state index in [1.165, 1.54) is 0 Å². The topological polar surface area (TPSA) is 86.9 Å². The first kappa shape index (κ1) is 17.4. The van der Waals surface area contributed by atoms with Crippen LogP contribution >= 0.6 is 0 Å². The predicted octanol–water partition coefficient (Wildman–Crippen LogP) is 3.32. The van der Waals surface area contributed by atoms with Crippen LogP contribution in [0.3, 0.4) is 0 Å². The predicted molar refractivity (Wildman–Crippen MR) is 96.7 cm³/mol. The lowest BCUT2D eigenvalue weighted by atomic mass is 9.86. The van der Waals surface area contributed by atoms with Crippen molar-refractivity contribution in [3.63, 3.8) is 0 Å². The summed E-state index contributed by atoms with van der Waals surface area (Å²) in [4.78, 5) is 24.6. The van der Waals surface area contributed by atoms with E-state index in [0.717, 1.165) is 25.1 Å². The van der Waals surface area contributed by atoms with Crippen molar-refractivity contribution in [3.8, 4) is 0 Å². The lowest BCUT2D eigenvalue weighted by molar-refractivity contribution is 0.0858. The smallest absolute Gasteiger partial charge is 0.276 e. The van der Waals surface area contributed by atoms with Gasteiger partial charge in [0.2, 0.25) is 0 Å². The summed E-state index contributed by atoms with van der Waals surface area (Å²) in [6.45, 7) is 6.66. The van der Waals surface area contributed by atoms with Crippen LogP contribution < -0.4 is 10.6 Å². The highest BCUT2D eigenvalue weighted by Gasteiger charge is 2.23. The molecule has 0 bridgehead atoms. The van der Waals surface area contributed by atoms with Crippen LogP contribution in [0, 0.1) is 5.41 Å². The molecule has 1 saturated heterocycles. The molecule has 1 aromatic heterocycles. The molecule has 1 fully saturated rings. The van der Waals surface area contributed by atoms with E-state index in [4.69, 9.17) is 0 Å². The third-order valence-corrected chi connectivity index (χ3v) is 4.35. The number of hydrogen-bond donors (Lipinski definition) is 3. The van der Waals surface area contributed by atoms with Crippen LogP contribution in [-0.2, 0) is 0 Å². The van der Waals surface area contributed by atoms with Gasteiger partial charge in [-0.2, -0.15) is 5.10 Å². The fourth-order valence-electron chi connectivity index (χ4n) is 2.91. The molecule has 1 aliphatic heterocycles. The Bertz CT molecular complexity index is 765. The molecule has 1 aromatic carbocycles. The second-order valence-corrected chi connectivity index (χ2v) is 7.47. The molecule has 6 heteroatoms. The minimum absolute atomic E-state index is 0.0754. The number of ketones is 1. The van der Waals surface area contributed by atoms with Gasteiger partial charge >= 0.3 is 0 Å². The highest BCUT2D eigenvalue weighted by molar-refractivity contribution is 6.04. The minimum atomic E-state index is -0.426. The lowest BCUT2D eigenvalue weighted by Gasteiger charge is -2.16. The first-order chi connectivity index (χ1) is 11.8. The highest BCUT2D eigenvalue weighted by atomic mass is 16.2. The molecule has 2 heterocycles. The summed E-state index contributed by atoms with van der Waals surface area (Å²) >= 11 is 0. The van der Waals surface area contributed by atoms with Gasteiger partial charge in [-0.25, -0.2) is 0 Å². The van der Waals surface area contributed by atoms with Crippen LogP contribution in [0.2, 0.25) is 0 Å². The number of carbonyl (C=O) groups is 2. The standard InChI is InChI=1S/C19H24N4O2/c1-19(2,3)17(24)12-6-8-13(9-7-12)21-18(25)16-11-15(22-23-16)14-5-4-10-20-14/h6-9,11,14,20H,4-5,10H2,1-3H3,(H,21,25)(H,22,23). The number of amides is 1. The molecular weight excluding hydrogens is 316 g/mol. The fraction of sp³-hybridized carbons (Fsp3) is 0.421. The molecule has 3 rings (SSSR count). The summed E-state index contributed by atoms with van der Waals surface area (Å²) < 4.78 is 0. The van der Waals surface area contributed by atoms with Gasteiger partial charge in [0.1, 0.15) is 0 Å². The van der Waals surface area contributed by atoms with Crippen LogP contribution in [0.1, 0.15) is 66.2 Å². The van der Waals surface area contributed by atoms with Crippen LogP contribution in [0.5, 0.6) is 0 Å². The van der Waals surface area contributed by atoms with E-state index < -0.39 is 5.41 Å². The first-order valence-electron chi connectivity index (χ1n) is 8.59. The van der Waals surface area contributed by atoms with Crippen molar-refractivity contribution in [2.24, 2.45) is 5.41 Å². The quantitative estimate of drug-likeness (QED) is 0.745. The molecule has 1 aliphatic rings. The van der Waals surface area contributed by atoms with Crippen molar-refractivity contribution in [1.29, 1.82) is 0 Å². The van der Waals surface area contributed by atoms with Gasteiger partial charge in [0.25, 0.3) is 5.91 Å². The summed E-state index contributed by atoms with van der Waals surface area (Å²) in [5.74, 6) is -0.193. The molecule has 6 nitrogen and oxygen atoms in total. The Morgan fingerprint density at radius 1 is 1.20 bits per heavy atom. The molecule has 1 atom stereocenters. The van der Waals surface area contributed by atoms with E-state index in [9.17, 15) is 9.59 Å². The molecule has 3 N–H and O–H groups in total. The number of hydrogen-bond acceptors (Lipinski definition) is 4. The van der Waals surface area contributed by atoms with Gasteiger partial charge in [0.15, 0.2) is 11.5 Å². The maximum atomic E-state index is 12.3. The Hall–Kier alpha value is -2.47. The fourth-order valence-corrected chi connectivity index (χ4v) is 2.91. The number of Topliss-reactive ketones (excluding diaryl/α,β-unsaturated/α-hetero) is 1. The molecule has 0 aliphatic carbocycles. The van der Waals surface area contributed by atoms with Crippen molar-refractivity contribution in [3.05, 3.63) is 47.3 Å². The molecular formula is C19H24N4O2. The van der Waals surface area contributed by atoms with Gasteiger partial charge in [0.05, 0.1) is 5.69 Å². The van der Waals surface area contributed by atoms with Crippen molar-refractivity contribution < 1.29 is 9.59 Å². The summed E-state index contributed by atoms with van der Waals surface area (Å²) in [5.41, 5.74) is 2.15. The Labute approximate surface area is 147 Å². The average Bonchev–Trinajstić information content (AvgIpc) is 3.25. The number of rotatable bonds is 4. The van der Waals surface area contributed by atoms with Crippen molar-refractivity contribution in [1.82, 2.24) is 15.5 Å². The normalized spacial score (nSPS) is 17.5. The van der Waals surface area contributed by atoms with E-state index in [-0.39, 0.29) is 17.7 Å². The maximum absolute atomic E-state index is 12.3. The number of carbonyl (C=O) groups excluding carboxylic acids is 2. The summed E-state index contributed by atoms with van der Waals surface area (Å²) in [6.07, 6.45) is 2.18. The van der Waals surface area contributed by atoms with Crippen molar-refractivity contribution in [2.45, 2.75) is 39.7 Å². The largest absolute Gasteiger partial charge is 0.321 e. The van der Waals surface area contributed by atoms with Gasteiger partial charge in [-0.1, -0.05) is 20.8 Å². The van der Waals surface area contributed by atoms with Crippen molar-refractivity contribution in [2.75, 3.05) is 11.9 Å². The number of benzene rings is 1. The van der Waals surface area contributed by atoms with E-state index in [1.54, 1.807) is 30.3 Å². The molecule has 0 spiro atoms. The van der Waals surface area contributed by atoms with E-state index in [0.29, 0.717) is 16.9 Å².